The number of anilines is 1. The van der Waals surface area contributed by atoms with Crippen LogP contribution in [0, 0.1) is 13.8 Å². The number of rotatable bonds is 4. The van der Waals surface area contributed by atoms with E-state index in [2.05, 4.69) is 20.7 Å². The zero-order valence-electron chi connectivity index (χ0n) is 12.3. The number of aryl methyl sites for hydroxylation is 2. The van der Waals surface area contributed by atoms with E-state index >= 15 is 0 Å². The van der Waals surface area contributed by atoms with Gasteiger partial charge in [0.1, 0.15) is 12.3 Å². The standard InChI is InChI=1S/C15H15N5O2/c1-10-3-6-12(7-4-10)16-14(21)9-20-18-15(17-19-20)13-8-5-11(2)22-13/h3-8H,9H2,1-2H3,(H,16,21). The van der Waals surface area contributed by atoms with Gasteiger partial charge in [-0.3, -0.25) is 4.79 Å². The lowest BCUT2D eigenvalue weighted by Gasteiger charge is -2.04. The zero-order valence-corrected chi connectivity index (χ0v) is 12.3. The number of carbonyl (C=O) groups is 1. The summed E-state index contributed by atoms with van der Waals surface area (Å²) in [6.45, 7) is 3.81. The molecule has 7 heteroatoms. The molecule has 112 valence electrons. The summed E-state index contributed by atoms with van der Waals surface area (Å²) in [5.41, 5.74) is 1.87. The van der Waals surface area contributed by atoms with Crippen molar-refractivity contribution in [2.75, 3.05) is 5.32 Å². The summed E-state index contributed by atoms with van der Waals surface area (Å²) in [5.74, 6) is 1.44. The predicted molar refractivity (Wildman–Crippen MR) is 80.1 cm³/mol. The van der Waals surface area contributed by atoms with Gasteiger partial charge in [0.15, 0.2) is 5.76 Å². The first kappa shape index (κ1) is 14.0. The van der Waals surface area contributed by atoms with E-state index in [-0.39, 0.29) is 12.5 Å². The van der Waals surface area contributed by atoms with Gasteiger partial charge < -0.3 is 9.73 Å². The molecule has 0 saturated heterocycles. The van der Waals surface area contributed by atoms with Crippen molar-refractivity contribution in [3.05, 3.63) is 47.7 Å². The number of aromatic nitrogens is 4. The number of carbonyl (C=O) groups excluding carboxylic acids is 1. The third-order valence-corrected chi connectivity index (χ3v) is 3.03. The smallest absolute Gasteiger partial charge is 0.248 e. The number of hydrogen-bond acceptors (Lipinski definition) is 5. The van der Waals surface area contributed by atoms with Gasteiger partial charge in [0, 0.05) is 5.69 Å². The fraction of sp³-hybridized carbons (Fsp3) is 0.200. The fourth-order valence-electron chi connectivity index (χ4n) is 1.93. The molecule has 3 rings (SSSR count). The van der Waals surface area contributed by atoms with Crippen LogP contribution in [0.2, 0.25) is 0 Å². The lowest BCUT2D eigenvalue weighted by atomic mass is 10.2. The summed E-state index contributed by atoms with van der Waals surface area (Å²) in [7, 11) is 0. The topological polar surface area (TPSA) is 85.8 Å². The van der Waals surface area contributed by atoms with E-state index in [0.29, 0.717) is 11.6 Å². The highest BCUT2D eigenvalue weighted by atomic mass is 16.3. The summed E-state index contributed by atoms with van der Waals surface area (Å²) in [4.78, 5) is 13.2. The van der Waals surface area contributed by atoms with Gasteiger partial charge in [-0.05, 0) is 43.3 Å². The Morgan fingerprint density at radius 2 is 1.95 bits per heavy atom. The summed E-state index contributed by atoms with van der Waals surface area (Å²) < 4.78 is 5.42. The third-order valence-electron chi connectivity index (χ3n) is 3.03. The zero-order chi connectivity index (χ0) is 15.5. The van der Waals surface area contributed by atoms with Crippen LogP contribution in [0.3, 0.4) is 0 Å². The Bertz CT molecular complexity index is 788. The first-order valence-electron chi connectivity index (χ1n) is 6.81. The quantitative estimate of drug-likeness (QED) is 0.797. The number of benzene rings is 1. The number of hydrogen-bond donors (Lipinski definition) is 1. The van der Waals surface area contributed by atoms with E-state index in [0.717, 1.165) is 17.0 Å². The first-order chi connectivity index (χ1) is 10.6. The van der Waals surface area contributed by atoms with Crippen LogP contribution in [-0.4, -0.2) is 26.1 Å². The highest BCUT2D eigenvalue weighted by Crippen LogP contribution is 2.16. The van der Waals surface area contributed by atoms with E-state index in [1.54, 1.807) is 6.07 Å². The fourth-order valence-corrected chi connectivity index (χ4v) is 1.93. The Hall–Kier alpha value is -2.96. The van der Waals surface area contributed by atoms with Gasteiger partial charge in [-0.2, -0.15) is 4.80 Å². The molecule has 1 amide bonds. The van der Waals surface area contributed by atoms with Crippen LogP contribution in [0.1, 0.15) is 11.3 Å². The number of amides is 1. The molecular weight excluding hydrogens is 282 g/mol. The maximum absolute atomic E-state index is 12.0. The highest BCUT2D eigenvalue weighted by molar-refractivity contribution is 5.90. The minimum absolute atomic E-state index is 0.0133. The molecule has 0 aliphatic carbocycles. The molecule has 0 spiro atoms. The largest absolute Gasteiger partial charge is 0.458 e. The Labute approximate surface area is 126 Å². The molecule has 0 atom stereocenters. The number of furan rings is 1. The maximum Gasteiger partial charge on any atom is 0.248 e. The molecule has 0 radical (unpaired) electrons. The molecule has 1 aromatic carbocycles. The molecule has 0 unspecified atom stereocenters. The molecule has 2 aromatic heterocycles. The summed E-state index contributed by atoms with van der Waals surface area (Å²) in [6, 6.07) is 11.1. The summed E-state index contributed by atoms with van der Waals surface area (Å²) >= 11 is 0. The number of nitrogens with one attached hydrogen (secondary N) is 1. The first-order valence-corrected chi connectivity index (χ1v) is 6.81. The molecule has 3 aromatic rings. The Morgan fingerprint density at radius 1 is 1.18 bits per heavy atom. The highest BCUT2D eigenvalue weighted by Gasteiger charge is 2.12. The van der Waals surface area contributed by atoms with Crippen molar-refractivity contribution in [2.45, 2.75) is 20.4 Å². The lowest BCUT2D eigenvalue weighted by Crippen LogP contribution is -2.20. The Morgan fingerprint density at radius 3 is 2.64 bits per heavy atom. The van der Waals surface area contributed by atoms with Crippen LogP contribution < -0.4 is 5.32 Å². The second kappa shape index (κ2) is 5.80. The van der Waals surface area contributed by atoms with Gasteiger partial charge in [0.2, 0.25) is 11.7 Å². The van der Waals surface area contributed by atoms with Crippen molar-refractivity contribution in [1.29, 1.82) is 0 Å². The minimum atomic E-state index is -0.219. The van der Waals surface area contributed by atoms with Crippen LogP contribution in [0.25, 0.3) is 11.6 Å². The minimum Gasteiger partial charge on any atom is -0.458 e. The number of tetrazole rings is 1. The van der Waals surface area contributed by atoms with Crippen LogP contribution in [0.4, 0.5) is 5.69 Å². The van der Waals surface area contributed by atoms with Crippen molar-refractivity contribution < 1.29 is 9.21 Å². The molecule has 0 bridgehead atoms. The molecule has 0 saturated carbocycles. The molecular formula is C15H15N5O2. The number of nitrogens with zero attached hydrogens (tertiary/aromatic N) is 4. The van der Waals surface area contributed by atoms with Crippen molar-refractivity contribution in [3.8, 4) is 11.6 Å². The summed E-state index contributed by atoms with van der Waals surface area (Å²) in [5, 5.41) is 14.6. The molecule has 0 fully saturated rings. The molecule has 1 N–H and O–H groups in total. The summed E-state index contributed by atoms with van der Waals surface area (Å²) in [6.07, 6.45) is 0. The van der Waals surface area contributed by atoms with Crippen LogP contribution >= 0.6 is 0 Å². The van der Waals surface area contributed by atoms with Crippen molar-refractivity contribution in [1.82, 2.24) is 20.2 Å². The van der Waals surface area contributed by atoms with E-state index in [1.165, 1.54) is 4.80 Å². The maximum atomic E-state index is 12.0. The molecule has 0 aliphatic heterocycles. The van der Waals surface area contributed by atoms with Gasteiger partial charge in [-0.25, -0.2) is 0 Å². The van der Waals surface area contributed by atoms with E-state index in [1.807, 2.05) is 44.2 Å². The van der Waals surface area contributed by atoms with Gasteiger partial charge in [-0.15, -0.1) is 10.2 Å². The molecule has 22 heavy (non-hydrogen) atoms. The van der Waals surface area contributed by atoms with E-state index in [9.17, 15) is 4.79 Å². The average Bonchev–Trinajstić information content (AvgIpc) is 3.10. The van der Waals surface area contributed by atoms with Crippen LogP contribution in [0.5, 0.6) is 0 Å². The van der Waals surface area contributed by atoms with Gasteiger partial charge >= 0.3 is 0 Å². The monoisotopic (exact) mass is 297 g/mol. The van der Waals surface area contributed by atoms with Gasteiger partial charge in [-0.1, -0.05) is 17.7 Å². The second-order valence-electron chi connectivity index (χ2n) is 4.97. The third kappa shape index (κ3) is 3.20. The Kier molecular flexibility index (Phi) is 3.69. The molecule has 2 heterocycles. The molecule has 0 aliphatic rings. The van der Waals surface area contributed by atoms with E-state index in [4.69, 9.17) is 4.42 Å². The van der Waals surface area contributed by atoms with E-state index < -0.39 is 0 Å². The normalized spacial score (nSPS) is 10.6. The Balaban J connectivity index is 1.64. The van der Waals surface area contributed by atoms with Crippen LogP contribution in [0.15, 0.2) is 40.8 Å². The van der Waals surface area contributed by atoms with Crippen molar-refractivity contribution in [2.24, 2.45) is 0 Å². The predicted octanol–water partition coefficient (Wildman–Crippen LogP) is 2.19. The van der Waals surface area contributed by atoms with Gasteiger partial charge in [0.05, 0.1) is 0 Å². The van der Waals surface area contributed by atoms with Crippen molar-refractivity contribution in [3.63, 3.8) is 0 Å². The van der Waals surface area contributed by atoms with Crippen molar-refractivity contribution >= 4 is 11.6 Å². The van der Waals surface area contributed by atoms with Crippen LogP contribution in [-0.2, 0) is 11.3 Å². The average molecular weight is 297 g/mol. The SMILES string of the molecule is Cc1ccc(NC(=O)Cn2nnc(-c3ccc(C)o3)n2)cc1. The second-order valence-corrected chi connectivity index (χ2v) is 4.97. The van der Waals surface area contributed by atoms with Gasteiger partial charge in [0.25, 0.3) is 0 Å². The molecule has 7 nitrogen and oxygen atoms in total. The lowest BCUT2D eigenvalue weighted by molar-refractivity contribution is -0.117.